The van der Waals surface area contributed by atoms with Gasteiger partial charge in [-0.1, -0.05) is 25.1 Å². The van der Waals surface area contributed by atoms with E-state index in [1.807, 2.05) is 24.3 Å². The van der Waals surface area contributed by atoms with Crippen LogP contribution in [0.3, 0.4) is 0 Å². The molecule has 1 aromatic carbocycles. The van der Waals surface area contributed by atoms with Crippen molar-refractivity contribution in [1.29, 1.82) is 0 Å². The van der Waals surface area contributed by atoms with Crippen molar-refractivity contribution < 1.29 is 4.79 Å². The molecule has 0 aliphatic rings. The number of guanidine groups is 1. The van der Waals surface area contributed by atoms with Gasteiger partial charge in [-0.15, -0.1) is 35.3 Å². The van der Waals surface area contributed by atoms with E-state index in [2.05, 4.69) is 52.3 Å². The number of benzene rings is 1. The average Bonchev–Trinajstić information content (AvgIpc) is 3.11. The van der Waals surface area contributed by atoms with Gasteiger partial charge in [0.15, 0.2) is 5.96 Å². The van der Waals surface area contributed by atoms with Crippen LogP contribution in [0.2, 0.25) is 0 Å². The van der Waals surface area contributed by atoms with Crippen molar-refractivity contribution in [2.45, 2.75) is 33.2 Å². The number of thiophene rings is 1. The Kier molecular flexibility index (Phi) is 10.3. The molecule has 0 bridgehead atoms. The van der Waals surface area contributed by atoms with Crippen molar-refractivity contribution >= 4 is 52.9 Å². The predicted octanol–water partition coefficient (Wildman–Crippen LogP) is 4.18. The van der Waals surface area contributed by atoms with Gasteiger partial charge < -0.3 is 16.0 Å². The van der Waals surface area contributed by atoms with Crippen LogP contribution < -0.4 is 16.0 Å². The number of nitrogens with zero attached hydrogens (tertiary/aromatic N) is 1. The Morgan fingerprint density at radius 3 is 2.69 bits per heavy atom. The Morgan fingerprint density at radius 2 is 2.04 bits per heavy atom. The zero-order valence-electron chi connectivity index (χ0n) is 15.4. The molecule has 0 aliphatic carbocycles. The summed E-state index contributed by atoms with van der Waals surface area (Å²) in [5, 5.41) is 11.6. The molecule has 1 atom stereocenters. The third-order valence-corrected chi connectivity index (χ3v) is 4.72. The maximum Gasteiger partial charge on any atom is 0.221 e. The van der Waals surface area contributed by atoms with E-state index in [4.69, 9.17) is 0 Å². The monoisotopic (exact) mass is 486 g/mol. The van der Waals surface area contributed by atoms with Crippen molar-refractivity contribution in [1.82, 2.24) is 10.6 Å². The minimum atomic E-state index is -0.0711. The zero-order valence-corrected chi connectivity index (χ0v) is 18.6. The highest BCUT2D eigenvalue weighted by Crippen LogP contribution is 2.19. The molecule has 26 heavy (non-hydrogen) atoms. The molecule has 0 saturated carbocycles. The fourth-order valence-corrected chi connectivity index (χ4v) is 3.17. The molecular weight excluding hydrogens is 459 g/mol. The summed E-state index contributed by atoms with van der Waals surface area (Å²) < 4.78 is 0. The van der Waals surface area contributed by atoms with E-state index in [0.717, 1.165) is 30.3 Å². The molecule has 1 unspecified atom stereocenters. The van der Waals surface area contributed by atoms with Crippen molar-refractivity contribution in [2.24, 2.45) is 4.99 Å². The van der Waals surface area contributed by atoms with Crippen LogP contribution in [0.25, 0.3) is 0 Å². The maximum atomic E-state index is 11.2. The lowest BCUT2D eigenvalue weighted by Gasteiger charge is -2.15. The topological polar surface area (TPSA) is 65.5 Å². The van der Waals surface area contributed by atoms with E-state index in [9.17, 15) is 4.79 Å². The Morgan fingerprint density at radius 1 is 1.23 bits per heavy atom. The summed E-state index contributed by atoms with van der Waals surface area (Å²) in [5.74, 6) is 1.17. The molecular formula is C19H27IN4OS. The summed E-state index contributed by atoms with van der Waals surface area (Å²) in [4.78, 5) is 17.2. The summed E-state index contributed by atoms with van der Waals surface area (Å²) in [5.41, 5.74) is 1.85. The molecule has 5 nitrogen and oxygen atoms in total. The van der Waals surface area contributed by atoms with Gasteiger partial charge in [0.25, 0.3) is 0 Å². The highest BCUT2D eigenvalue weighted by molar-refractivity contribution is 14.0. The van der Waals surface area contributed by atoms with Gasteiger partial charge >= 0.3 is 0 Å². The molecule has 0 aliphatic heterocycles. The lowest BCUT2D eigenvalue weighted by molar-refractivity contribution is -0.114. The lowest BCUT2D eigenvalue weighted by Crippen LogP contribution is -2.39. The van der Waals surface area contributed by atoms with Crippen molar-refractivity contribution in [3.05, 3.63) is 52.2 Å². The Hall–Kier alpha value is -1.61. The highest BCUT2D eigenvalue weighted by Gasteiger charge is 2.07. The zero-order chi connectivity index (χ0) is 18.1. The molecule has 0 saturated heterocycles. The summed E-state index contributed by atoms with van der Waals surface area (Å²) in [6.45, 7) is 7.96. The van der Waals surface area contributed by atoms with Crippen LogP contribution in [0.4, 0.5) is 5.69 Å². The standard InChI is InChI=1S/C19H26N4OS.HI/c1-4-20-19(21-12-14(2)18-9-6-10-25-18)22-13-16-7-5-8-17(11-16)23-15(3)24;/h5-11,14H,4,12-13H2,1-3H3,(H,23,24)(H2,20,21,22);1H. The molecule has 2 aromatic rings. The van der Waals surface area contributed by atoms with Crippen LogP contribution in [-0.4, -0.2) is 25.0 Å². The molecule has 7 heteroatoms. The molecule has 1 aromatic heterocycles. The van der Waals surface area contributed by atoms with Crippen molar-refractivity contribution in [3.63, 3.8) is 0 Å². The number of carbonyl (C=O) groups is 1. The average molecular weight is 486 g/mol. The summed E-state index contributed by atoms with van der Waals surface area (Å²) in [7, 11) is 0. The second-order valence-electron chi connectivity index (χ2n) is 5.87. The van der Waals surface area contributed by atoms with Gasteiger partial charge in [-0.3, -0.25) is 4.79 Å². The van der Waals surface area contributed by atoms with E-state index in [0.29, 0.717) is 12.5 Å². The first-order valence-corrected chi connectivity index (χ1v) is 9.38. The number of hydrogen-bond donors (Lipinski definition) is 3. The fraction of sp³-hybridized carbons (Fsp3) is 0.368. The summed E-state index contributed by atoms with van der Waals surface area (Å²) in [6.07, 6.45) is 0. The summed E-state index contributed by atoms with van der Waals surface area (Å²) >= 11 is 1.78. The molecule has 0 fully saturated rings. The number of aliphatic imine (C=N–C) groups is 1. The van der Waals surface area contributed by atoms with Crippen molar-refractivity contribution in [2.75, 3.05) is 18.4 Å². The Labute approximate surface area is 176 Å². The first-order valence-electron chi connectivity index (χ1n) is 8.50. The lowest BCUT2D eigenvalue weighted by atomic mass is 10.1. The molecule has 1 heterocycles. The van der Waals surface area contributed by atoms with Gasteiger partial charge in [0.1, 0.15) is 0 Å². The van der Waals surface area contributed by atoms with Crippen LogP contribution in [0, 0.1) is 0 Å². The molecule has 1 amide bonds. The van der Waals surface area contributed by atoms with Gasteiger partial charge in [-0.05, 0) is 36.1 Å². The number of anilines is 1. The van der Waals surface area contributed by atoms with Crippen LogP contribution >= 0.6 is 35.3 Å². The third-order valence-electron chi connectivity index (χ3n) is 3.62. The third kappa shape index (κ3) is 7.74. The second kappa shape index (κ2) is 11.9. The number of nitrogens with one attached hydrogen (secondary N) is 3. The van der Waals surface area contributed by atoms with Gasteiger partial charge in [0.2, 0.25) is 5.91 Å². The maximum absolute atomic E-state index is 11.2. The quantitative estimate of drug-likeness (QED) is 0.313. The SMILES string of the molecule is CCNC(=NCc1cccc(NC(C)=O)c1)NCC(C)c1cccs1.I. The minimum absolute atomic E-state index is 0. The largest absolute Gasteiger partial charge is 0.357 e. The molecule has 0 spiro atoms. The first kappa shape index (κ1) is 22.4. The number of rotatable bonds is 7. The van der Waals surface area contributed by atoms with E-state index >= 15 is 0 Å². The van der Waals surface area contributed by atoms with Crippen LogP contribution in [0.5, 0.6) is 0 Å². The number of carbonyl (C=O) groups excluding carboxylic acids is 1. The normalized spacial score (nSPS) is 12.0. The van der Waals surface area contributed by atoms with E-state index < -0.39 is 0 Å². The van der Waals surface area contributed by atoms with Gasteiger partial charge in [0.05, 0.1) is 6.54 Å². The first-order chi connectivity index (χ1) is 12.1. The van der Waals surface area contributed by atoms with E-state index in [1.54, 1.807) is 11.3 Å². The van der Waals surface area contributed by atoms with E-state index in [-0.39, 0.29) is 29.9 Å². The number of halogens is 1. The molecule has 3 N–H and O–H groups in total. The molecule has 2 rings (SSSR count). The van der Waals surface area contributed by atoms with E-state index in [1.165, 1.54) is 11.8 Å². The summed E-state index contributed by atoms with van der Waals surface area (Å²) in [6, 6.07) is 12.0. The minimum Gasteiger partial charge on any atom is -0.357 e. The smallest absolute Gasteiger partial charge is 0.221 e. The Bertz CT molecular complexity index is 703. The van der Waals surface area contributed by atoms with Crippen LogP contribution in [-0.2, 0) is 11.3 Å². The molecule has 142 valence electrons. The fourth-order valence-electron chi connectivity index (χ4n) is 2.38. The second-order valence-corrected chi connectivity index (χ2v) is 6.85. The van der Waals surface area contributed by atoms with Crippen LogP contribution in [0.1, 0.15) is 37.1 Å². The van der Waals surface area contributed by atoms with Gasteiger partial charge in [-0.25, -0.2) is 4.99 Å². The van der Waals surface area contributed by atoms with Crippen molar-refractivity contribution in [3.8, 4) is 0 Å². The van der Waals surface area contributed by atoms with Crippen LogP contribution in [0.15, 0.2) is 46.8 Å². The Balaban J connectivity index is 0.00000338. The highest BCUT2D eigenvalue weighted by atomic mass is 127. The number of amides is 1. The molecule has 0 radical (unpaired) electrons. The van der Waals surface area contributed by atoms with Gasteiger partial charge in [0, 0.05) is 36.5 Å². The number of hydrogen-bond acceptors (Lipinski definition) is 3. The van der Waals surface area contributed by atoms with Gasteiger partial charge in [-0.2, -0.15) is 0 Å². The predicted molar refractivity (Wildman–Crippen MR) is 122 cm³/mol.